The van der Waals surface area contributed by atoms with E-state index in [1.165, 1.54) is 0 Å². The Morgan fingerprint density at radius 3 is 3.00 bits per heavy atom. The zero-order valence-electron chi connectivity index (χ0n) is 8.49. The topological polar surface area (TPSA) is 43.1 Å². The second kappa shape index (κ2) is 3.88. The van der Waals surface area contributed by atoms with E-state index in [0.29, 0.717) is 0 Å². The maximum absolute atomic E-state index is 4.46. The molecule has 4 nitrogen and oxygen atoms in total. The van der Waals surface area contributed by atoms with Crippen molar-refractivity contribution in [1.82, 2.24) is 19.6 Å². The van der Waals surface area contributed by atoms with Crippen LogP contribution in [0.4, 0.5) is 0 Å². The highest BCUT2D eigenvalue weighted by Crippen LogP contribution is 2.26. The van der Waals surface area contributed by atoms with Crippen LogP contribution < -0.4 is 0 Å². The largest absolute Gasteiger partial charge is 0.255 e. The average molecular weight is 248 g/mol. The van der Waals surface area contributed by atoms with E-state index in [4.69, 9.17) is 0 Å². The highest BCUT2D eigenvalue weighted by molar-refractivity contribution is 8.00. The number of hydrogen-bond donors (Lipinski definition) is 0. The van der Waals surface area contributed by atoms with Gasteiger partial charge >= 0.3 is 0 Å². The quantitative estimate of drug-likeness (QED) is 0.654. The summed E-state index contributed by atoms with van der Waals surface area (Å²) in [5.74, 6) is 0. The first kappa shape index (κ1) is 9.80. The third-order valence-corrected chi connectivity index (χ3v) is 4.07. The maximum Gasteiger partial charge on any atom is 0.213 e. The van der Waals surface area contributed by atoms with Gasteiger partial charge in [0.25, 0.3) is 0 Å². The van der Waals surface area contributed by atoms with E-state index in [-0.39, 0.29) is 0 Å². The van der Waals surface area contributed by atoms with E-state index in [0.717, 1.165) is 20.7 Å². The Kier molecular flexibility index (Phi) is 2.37. The van der Waals surface area contributed by atoms with Gasteiger partial charge in [-0.25, -0.2) is 9.50 Å². The van der Waals surface area contributed by atoms with E-state index < -0.39 is 0 Å². The predicted octanol–water partition coefficient (Wildman–Crippen LogP) is 2.57. The van der Waals surface area contributed by atoms with Crippen molar-refractivity contribution in [3.05, 3.63) is 30.6 Å². The first-order valence-electron chi connectivity index (χ1n) is 4.68. The lowest BCUT2D eigenvalue weighted by atomic mass is 10.3. The number of nitrogens with zero attached hydrogens (tertiary/aromatic N) is 4. The van der Waals surface area contributed by atoms with Crippen molar-refractivity contribution in [3.63, 3.8) is 0 Å². The van der Waals surface area contributed by atoms with E-state index in [2.05, 4.69) is 15.1 Å². The van der Waals surface area contributed by atoms with E-state index in [1.54, 1.807) is 29.3 Å². The Morgan fingerprint density at radius 1 is 1.31 bits per heavy atom. The molecule has 0 bridgehead atoms. The molecule has 0 radical (unpaired) electrons. The molecule has 0 fully saturated rings. The van der Waals surface area contributed by atoms with Crippen LogP contribution in [0.5, 0.6) is 0 Å². The molecule has 3 heterocycles. The van der Waals surface area contributed by atoms with Crippen molar-refractivity contribution < 1.29 is 0 Å². The molecule has 3 aromatic rings. The minimum atomic E-state index is 0.896. The van der Waals surface area contributed by atoms with Gasteiger partial charge in [-0.1, -0.05) is 29.2 Å². The van der Waals surface area contributed by atoms with Gasteiger partial charge in [0.15, 0.2) is 4.34 Å². The lowest BCUT2D eigenvalue weighted by Crippen LogP contribution is -1.90. The van der Waals surface area contributed by atoms with Gasteiger partial charge in [-0.15, -0.1) is 5.10 Å². The maximum atomic E-state index is 4.46. The first-order chi connectivity index (χ1) is 7.88. The summed E-state index contributed by atoms with van der Waals surface area (Å²) in [6, 6.07) is 5.82. The van der Waals surface area contributed by atoms with E-state index in [1.807, 2.05) is 35.2 Å². The second-order valence-corrected chi connectivity index (χ2v) is 5.13. The van der Waals surface area contributed by atoms with Crippen LogP contribution in [-0.4, -0.2) is 25.8 Å². The molecule has 0 aliphatic heterocycles. The van der Waals surface area contributed by atoms with Gasteiger partial charge in [-0.2, -0.15) is 0 Å². The molecule has 0 N–H and O–H groups in total. The second-order valence-electron chi connectivity index (χ2n) is 3.12. The van der Waals surface area contributed by atoms with Crippen LogP contribution in [0.2, 0.25) is 0 Å². The summed E-state index contributed by atoms with van der Waals surface area (Å²) in [5, 5.41) is 4.46. The Bertz CT molecular complexity index is 614. The van der Waals surface area contributed by atoms with Gasteiger partial charge in [0.1, 0.15) is 5.69 Å². The number of aromatic nitrogens is 4. The molecule has 0 unspecified atom stereocenters. The Morgan fingerprint density at radius 2 is 2.25 bits per heavy atom. The van der Waals surface area contributed by atoms with Crippen molar-refractivity contribution in [2.75, 3.05) is 6.26 Å². The highest BCUT2D eigenvalue weighted by atomic mass is 32.2. The van der Waals surface area contributed by atoms with E-state index in [9.17, 15) is 0 Å². The molecule has 0 aromatic carbocycles. The van der Waals surface area contributed by atoms with Crippen LogP contribution in [0.1, 0.15) is 0 Å². The fourth-order valence-electron chi connectivity index (χ4n) is 1.45. The lowest BCUT2D eigenvalue weighted by molar-refractivity contribution is 0.918. The molecule has 0 saturated heterocycles. The molecule has 0 atom stereocenters. The van der Waals surface area contributed by atoms with Crippen molar-refractivity contribution in [2.45, 2.75) is 4.34 Å². The lowest BCUT2D eigenvalue weighted by Gasteiger charge is -1.95. The zero-order chi connectivity index (χ0) is 11.0. The minimum Gasteiger partial charge on any atom is -0.255 e. The summed E-state index contributed by atoms with van der Waals surface area (Å²) in [4.78, 5) is 9.54. The molecule has 80 valence electrons. The molecule has 0 spiro atoms. The highest BCUT2D eigenvalue weighted by Gasteiger charge is 2.11. The SMILES string of the molecule is CSc1nn2c(-c3ccccn3)cnc2s1. The molecular formula is C10H8N4S2. The summed E-state index contributed by atoms with van der Waals surface area (Å²) < 4.78 is 2.86. The summed E-state index contributed by atoms with van der Waals surface area (Å²) in [6.45, 7) is 0. The number of imidazole rings is 1. The van der Waals surface area contributed by atoms with E-state index >= 15 is 0 Å². The summed E-state index contributed by atoms with van der Waals surface area (Å²) in [5.41, 5.74) is 1.83. The smallest absolute Gasteiger partial charge is 0.213 e. The predicted molar refractivity (Wildman–Crippen MR) is 65.9 cm³/mol. The average Bonchev–Trinajstić information content (AvgIpc) is 2.88. The Hall–Kier alpha value is -1.40. The Labute approximate surface area is 100 Å². The fourth-order valence-corrected chi connectivity index (χ4v) is 2.78. The van der Waals surface area contributed by atoms with Gasteiger partial charge in [0.05, 0.1) is 11.9 Å². The molecule has 0 aliphatic carbocycles. The van der Waals surface area contributed by atoms with Crippen LogP contribution in [-0.2, 0) is 0 Å². The van der Waals surface area contributed by atoms with Crippen molar-refractivity contribution >= 4 is 28.1 Å². The third kappa shape index (κ3) is 1.50. The summed E-state index contributed by atoms with van der Waals surface area (Å²) >= 11 is 3.22. The van der Waals surface area contributed by atoms with Crippen LogP contribution in [0.25, 0.3) is 16.3 Å². The van der Waals surface area contributed by atoms with Crippen LogP contribution >= 0.6 is 23.1 Å². The van der Waals surface area contributed by atoms with Crippen LogP contribution in [0, 0.1) is 0 Å². The monoisotopic (exact) mass is 248 g/mol. The zero-order valence-corrected chi connectivity index (χ0v) is 10.1. The standard InChI is InChI=1S/C10H8N4S2/c1-15-10-13-14-8(6-12-9(14)16-10)7-4-2-3-5-11-7/h2-6H,1H3. The molecule has 3 rings (SSSR count). The molecular weight excluding hydrogens is 240 g/mol. The third-order valence-electron chi connectivity index (χ3n) is 2.17. The number of thioether (sulfide) groups is 1. The Balaban J connectivity index is 2.20. The minimum absolute atomic E-state index is 0.896. The number of pyridine rings is 1. The van der Waals surface area contributed by atoms with Gasteiger partial charge < -0.3 is 0 Å². The van der Waals surface area contributed by atoms with Gasteiger partial charge in [0, 0.05) is 6.20 Å². The molecule has 0 aliphatic rings. The molecule has 6 heteroatoms. The summed E-state index contributed by atoms with van der Waals surface area (Å²) in [6.07, 6.45) is 5.60. The number of fused-ring (bicyclic) bond motifs is 1. The number of rotatable bonds is 2. The number of hydrogen-bond acceptors (Lipinski definition) is 5. The molecule has 0 saturated carbocycles. The van der Waals surface area contributed by atoms with Gasteiger partial charge in [-0.3, -0.25) is 4.98 Å². The van der Waals surface area contributed by atoms with Crippen molar-refractivity contribution in [1.29, 1.82) is 0 Å². The van der Waals surface area contributed by atoms with Crippen molar-refractivity contribution in [2.24, 2.45) is 0 Å². The molecule has 0 amide bonds. The van der Waals surface area contributed by atoms with Gasteiger partial charge in [0.2, 0.25) is 4.96 Å². The van der Waals surface area contributed by atoms with Crippen molar-refractivity contribution in [3.8, 4) is 11.4 Å². The normalized spacial score (nSPS) is 11.1. The first-order valence-corrected chi connectivity index (χ1v) is 6.72. The molecule has 16 heavy (non-hydrogen) atoms. The van der Waals surface area contributed by atoms with Gasteiger partial charge in [-0.05, 0) is 18.4 Å². The van der Waals surface area contributed by atoms with Crippen LogP contribution in [0.15, 0.2) is 34.9 Å². The van der Waals surface area contributed by atoms with Crippen LogP contribution in [0.3, 0.4) is 0 Å². The fraction of sp³-hybridized carbons (Fsp3) is 0.100. The summed E-state index contributed by atoms with van der Waals surface area (Å²) in [7, 11) is 0. The molecule has 3 aromatic heterocycles.